The molecule has 0 aliphatic rings. The molecule has 4 rings (SSSR count). The molecule has 6 heteroatoms. The number of hydrogen-bond acceptors (Lipinski definition) is 4. The van der Waals surface area contributed by atoms with E-state index in [1.807, 2.05) is 62.6 Å². The molecule has 0 aliphatic heterocycles. The van der Waals surface area contributed by atoms with Gasteiger partial charge in [0.2, 0.25) is 5.91 Å². The first kappa shape index (κ1) is 17.0. The Kier molecular flexibility index (Phi) is 4.46. The molecule has 1 amide bonds. The summed E-state index contributed by atoms with van der Waals surface area (Å²) in [6, 6.07) is 15.9. The average molecular weight is 360 g/mol. The number of carbonyl (C=O) groups is 1. The van der Waals surface area contributed by atoms with Crippen molar-refractivity contribution in [2.75, 3.05) is 5.32 Å². The van der Waals surface area contributed by atoms with Crippen molar-refractivity contribution in [3.63, 3.8) is 0 Å². The molecule has 27 heavy (non-hydrogen) atoms. The third kappa shape index (κ3) is 3.60. The van der Waals surface area contributed by atoms with E-state index in [4.69, 9.17) is 4.52 Å². The Balaban J connectivity index is 1.42. The summed E-state index contributed by atoms with van der Waals surface area (Å²) < 4.78 is 7.22. The van der Waals surface area contributed by atoms with Crippen molar-refractivity contribution in [3.8, 4) is 0 Å². The van der Waals surface area contributed by atoms with Gasteiger partial charge in [-0.15, -0.1) is 0 Å². The van der Waals surface area contributed by atoms with Crippen molar-refractivity contribution in [1.82, 2.24) is 14.7 Å². The van der Waals surface area contributed by atoms with Gasteiger partial charge in [-0.3, -0.25) is 4.79 Å². The summed E-state index contributed by atoms with van der Waals surface area (Å²) in [5, 5.41) is 6.81. The number of fused-ring (bicyclic) bond motifs is 1. The predicted octanol–water partition coefficient (Wildman–Crippen LogP) is 3.87. The van der Waals surface area contributed by atoms with Gasteiger partial charge in [-0.25, -0.2) is 4.98 Å². The summed E-state index contributed by atoms with van der Waals surface area (Å²) in [5.74, 6) is 0.600. The molecule has 0 bridgehead atoms. The van der Waals surface area contributed by atoms with E-state index in [-0.39, 0.29) is 12.3 Å². The fraction of sp³-hybridized carbons (Fsp3) is 0.190. The molecule has 2 aromatic heterocycles. The van der Waals surface area contributed by atoms with Crippen molar-refractivity contribution in [2.24, 2.45) is 0 Å². The Morgan fingerprint density at radius 2 is 1.89 bits per heavy atom. The van der Waals surface area contributed by atoms with Crippen molar-refractivity contribution in [3.05, 3.63) is 77.4 Å². The molecule has 4 aromatic rings. The van der Waals surface area contributed by atoms with E-state index in [2.05, 4.69) is 26.1 Å². The lowest BCUT2D eigenvalue weighted by Crippen LogP contribution is -2.15. The second-order valence-corrected chi connectivity index (χ2v) is 6.59. The highest BCUT2D eigenvalue weighted by Gasteiger charge is 2.13. The zero-order valence-electron chi connectivity index (χ0n) is 15.3. The summed E-state index contributed by atoms with van der Waals surface area (Å²) in [4.78, 5) is 16.7. The predicted molar refractivity (Wildman–Crippen MR) is 104 cm³/mol. The molecule has 136 valence electrons. The van der Waals surface area contributed by atoms with Crippen LogP contribution in [0.3, 0.4) is 0 Å². The monoisotopic (exact) mass is 360 g/mol. The van der Waals surface area contributed by atoms with Crippen LogP contribution in [0.5, 0.6) is 0 Å². The van der Waals surface area contributed by atoms with E-state index >= 15 is 0 Å². The first-order valence-corrected chi connectivity index (χ1v) is 8.80. The molecule has 0 fully saturated rings. The summed E-state index contributed by atoms with van der Waals surface area (Å²) >= 11 is 0. The largest absolute Gasteiger partial charge is 0.361 e. The van der Waals surface area contributed by atoms with Gasteiger partial charge in [-0.1, -0.05) is 29.4 Å². The highest BCUT2D eigenvalue weighted by atomic mass is 16.5. The first-order valence-electron chi connectivity index (χ1n) is 8.80. The van der Waals surface area contributed by atoms with Gasteiger partial charge in [0, 0.05) is 17.8 Å². The summed E-state index contributed by atoms with van der Waals surface area (Å²) in [6.45, 7) is 4.39. The molecule has 0 spiro atoms. The minimum Gasteiger partial charge on any atom is -0.361 e. The normalized spacial score (nSPS) is 11.0. The van der Waals surface area contributed by atoms with Gasteiger partial charge in [0.15, 0.2) is 0 Å². The number of nitrogens with one attached hydrogen (secondary N) is 1. The summed E-state index contributed by atoms with van der Waals surface area (Å²) in [6.07, 6.45) is 2.11. The maximum absolute atomic E-state index is 12.3. The van der Waals surface area contributed by atoms with E-state index in [1.165, 1.54) is 0 Å². The number of para-hydroxylation sites is 2. The van der Waals surface area contributed by atoms with Crippen LogP contribution in [-0.4, -0.2) is 20.6 Å². The topological polar surface area (TPSA) is 73.0 Å². The number of carbonyl (C=O) groups excluding carboxylic acids is 1. The quantitative estimate of drug-likeness (QED) is 0.586. The van der Waals surface area contributed by atoms with Crippen LogP contribution in [0.4, 0.5) is 5.69 Å². The van der Waals surface area contributed by atoms with Gasteiger partial charge in [0.05, 0.1) is 29.5 Å². The fourth-order valence-corrected chi connectivity index (χ4v) is 3.15. The molecular formula is C21H20N4O2. The summed E-state index contributed by atoms with van der Waals surface area (Å²) in [7, 11) is 0. The van der Waals surface area contributed by atoms with Crippen molar-refractivity contribution < 1.29 is 9.32 Å². The van der Waals surface area contributed by atoms with Gasteiger partial charge in [-0.05, 0) is 43.7 Å². The lowest BCUT2D eigenvalue weighted by molar-refractivity contribution is -0.115. The molecule has 0 radical (unpaired) electrons. The SMILES string of the molecule is Cc1noc(C)c1CC(=O)Nc1ccc(Cn2cnc3ccccc32)cc1. The third-order valence-electron chi connectivity index (χ3n) is 4.64. The first-order chi connectivity index (χ1) is 13.1. The number of anilines is 1. The zero-order valence-corrected chi connectivity index (χ0v) is 15.3. The van der Waals surface area contributed by atoms with Crippen molar-refractivity contribution in [2.45, 2.75) is 26.8 Å². The number of nitrogens with zero attached hydrogens (tertiary/aromatic N) is 3. The van der Waals surface area contributed by atoms with Crippen LogP contribution < -0.4 is 5.32 Å². The molecule has 6 nitrogen and oxygen atoms in total. The Morgan fingerprint density at radius 3 is 2.63 bits per heavy atom. The average Bonchev–Trinajstić information content (AvgIpc) is 3.22. The molecule has 2 heterocycles. The Bertz CT molecular complexity index is 1070. The highest BCUT2D eigenvalue weighted by Crippen LogP contribution is 2.17. The molecule has 0 saturated heterocycles. The molecule has 0 unspecified atom stereocenters. The second-order valence-electron chi connectivity index (χ2n) is 6.59. The Labute approximate surface area is 156 Å². The molecule has 0 aliphatic carbocycles. The van der Waals surface area contributed by atoms with Crippen LogP contribution in [0.25, 0.3) is 11.0 Å². The fourth-order valence-electron chi connectivity index (χ4n) is 3.15. The van der Waals surface area contributed by atoms with E-state index in [1.54, 1.807) is 0 Å². The number of amides is 1. The lowest BCUT2D eigenvalue weighted by atomic mass is 10.1. The number of aryl methyl sites for hydroxylation is 2. The van der Waals surface area contributed by atoms with Crippen molar-refractivity contribution in [1.29, 1.82) is 0 Å². The van der Waals surface area contributed by atoms with E-state index in [0.29, 0.717) is 5.76 Å². The van der Waals surface area contributed by atoms with E-state index in [0.717, 1.165) is 40.1 Å². The number of benzene rings is 2. The molecular weight excluding hydrogens is 340 g/mol. The van der Waals surface area contributed by atoms with Gasteiger partial charge in [-0.2, -0.15) is 0 Å². The van der Waals surface area contributed by atoms with Crippen LogP contribution >= 0.6 is 0 Å². The number of rotatable bonds is 5. The van der Waals surface area contributed by atoms with Gasteiger partial charge in [0.1, 0.15) is 5.76 Å². The minimum atomic E-state index is -0.0854. The maximum atomic E-state index is 12.3. The van der Waals surface area contributed by atoms with E-state index in [9.17, 15) is 4.79 Å². The Morgan fingerprint density at radius 1 is 1.11 bits per heavy atom. The molecule has 0 saturated carbocycles. The van der Waals surface area contributed by atoms with Crippen molar-refractivity contribution >= 4 is 22.6 Å². The van der Waals surface area contributed by atoms with E-state index < -0.39 is 0 Å². The number of aromatic nitrogens is 3. The lowest BCUT2D eigenvalue weighted by Gasteiger charge is -2.08. The van der Waals surface area contributed by atoms with Crippen LogP contribution in [0, 0.1) is 13.8 Å². The number of hydrogen-bond donors (Lipinski definition) is 1. The van der Waals surface area contributed by atoms with Crippen LogP contribution in [0.2, 0.25) is 0 Å². The molecule has 1 N–H and O–H groups in total. The smallest absolute Gasteiger partial charge is 0.228 e. The standard InChI is InChI=1S/C21H20N4O2/c1-14-18(15(2)27-24-14)11-21(26)23-17-9-7-16(8-10-17)12-25-13-22-19-5-3-4-6-20(19)25/h3-10,13H,11-12H2,1-2H3,(H,23,26). The summed E-state index contributed by atoms with van der Waals surface area (Å²) in [5.41, 5.74) is 5.60. The van der Waals surface area contributed by atoms with Gasteiger partial charge < -0.3 is 14.4 Å². The molecule has 2 aromatic carbocycles. The van der Waals surface area contributed by atoms with Crippen LogP contribution in [-0.2, 0) is 17.8 Å². The maximum Gasteiger partial charge on any atom is 0.228 e. The molecule has 0 atom stereocenters. The minimum absolute atomic E-state index is 0.0854. The third-order valence-corrected chi connectivity index (χ3v) is 4.64. The van der Waals surface area contributed by atoms with Crippen LogP contribution in [0.1, 0.15) is 22.6 Å². The second kappa shape index (κ2) is 7.07. The van der Waals surface area contributed by atoms with Gasteiger partial charge in [0.25, 0.3) is 0 Å². The highest BCUT2D eigenvalue weighted by molar-refractivity contribution is 5.92. The van der Waals surface area contributed by atoms with Gasteiger partial charge >= 0.3 is 0 Å². The van der Waals surface area contributed by atoms with Crippen LogP contribution in [0.15, 0.2) is 59.4 Å². The Hall–Kier alpha value is -3.41. The number of imidazole rings is 1. The zero-order chi connectivity index (χ0) is 18.8.